The SMILES string of the molecule is CC(=O)Nc1sc2c(c1C(=O)Nc1cccc(C)c1)CC[C@H](C)C2. The van der Waals surface area contributed by atoms with Crippen LogP contribution in [0.4, 0.5) is 10.7 Å². The van der Waals surface area contributed by atoms with Gasteiger partial charge in [-0.25, -0.2) is 0 Å². The summed E-state index contributed by atoms with van der Waals surface area (Å²) in [5.74, 6) is 0.330. The van der Waals surface area contributed by atoms with Crippen molar-refractivity contribution >= 4 is 33.8 Å². The maximum absolute atomic E-state index is 12.9. The summed E-state index contributed by atoms with van der Waals surface area (Å²) in [4.78, 5) is 25.6. The molecule has 0 bridgehead atoms. The van der Waals surface area contributed by atoms with Gasteiger partial charge in [0.05, 0.1) is 5.56 Å². The molecule has 0 unspecified atom stereocenters. The first-order chi connectivity index (χ1) is 11.4. The zero-order valence-corrected chi connectivity index (χ0v) is 15.0. The standard InChI is InChI=1S/C19H22N2O2S/c1-11-5-4-6-14(9-11)21-18(23)17-15-8-7-12(2)10-16(15)24-19(17)20-13(3)22/h4-6,9,12H,7-8,10H2,1-3H3,(H,20,22)(H,21,23)/t12-/m0/s1. The third-order valence-corrected chi connectivity index (χ3v) is 5.47. The monoisotopic (exact) mass is 342 g/mol. The number of benzene rings is 1. The van der Waals surface area contributed by atoms with E-state index in [2.05, 4.69) is 17.6 Å². The molecule has 3 rings (SSSR count). The average Bonchev–Trinajstić information content (AvgIpc) is 2.83. The van der Waals surface area contributed by atoms with Gasteiger partial charge in [-0.05, 0) is 55.4 Å². The number of hydrogen-bond donors (Lipinski definition) is 2. The lowest BCUT2D eigenvalue weighted by Crippen LogP contribution is -2.18. The minimum absolute atomic E-state index is 0.142. The number of aryl methyl sites for hydroxylation is 1. The Morgan fingerprint density at radius 1 is 1.25 bits per heavy atom. The molecule has 0 spiro atoms. The average molecular weight is 342 g/mol. The number of rotatable bonds is 3. The summed E-state index contributed by atoms with van der Waals surface area (Å²) in [5.41, 5.74) is 3.61. The van der Waals surface area contributed by atoms with Crippen molar-refractivity contribution < 1.29 is 9.59 Å². The second kappa shape index (κ2) is 6.77. The Hall–Kier alpha value is -2.14. The third kappa shape index (κ3) is 3.51. The summed E-state index contributed by atoms with van der Waals surface area (Å²) in [6.07, 6.45) is 2.95. The van der Waals surface area contributed by atoms with Crippen molar-refractivity contribution in [3.63, 3.8) is 0 Å². The molecular formula is C19H22N2O2S. The molecule has 24 heavy (non-hydrogen) atoms. The van der Waals surface area contributed by atoms with E-state index in [9.17, 15) is 9.59 Å². The number of nitrogens with one attached hydrogen (secondary N) is 2. The Morgan fingerprint density at radius 2 is 2.04 bits per heavy atom. The molecule has 2 amide bonds. The largest absolute Gasteiger partial charge is 0.322 e. The van der Waals surface area contributed by atoms with E-state index < -0.39 is 0 Å². The molecular weight excluding hydrogens is 320 g/mol. The van der Waals surface area contributed by atoms with Gasteiger partial charge in [0, 0.05) is 17.5 Å². The highest BCUT2D eigenvalue weighted by atomic mass is 32.1. The zero-order chi connectivity index (χ0) is 17.3. The molecule has 0 aliphatic heterocycles. The molecule has 2 N–H and O–H groups in total. The van der Waals surface area contributed by atoms with E-state index >= 15 is 0 Å². The summed E-state index contributed by atoms with van der Waals surface area (Å²) >= 11 is 1.54. The van der Waals surface area contributed by atoms with Crippen molar-refractivity contribution in [3.8, 4) is 0 Å². The summed E-state index contributed by atoms with van der Waals surface area (Å²) in [6.45, 7) is 5.70. The highest BCUT2D eigenvalue weighted by Crippen LogP contribution is 2.40. The summed E-state index contributed by atoms with van der Waals surface area (Å²) in [5, 5.41) is 6.49. The number of thiophene rings is 1. The van der Waals surface area contributed by atoms with Gasteiger partial charge in [0.2, 0.25) is 5.91 Å². The lowest BCUT2D eigenvalue weighted by molar-refractivity contribution is -0.114. The molecule has 1 aliphatic carbocycles. The molecule has 2 aromatic rings. The highest BCUT2D eigenvalue weighted by molar-refractivity contribution is 7.17. The minimum Gasteiger partial charge on any atom is -0.322 e. The fourth-order valence-corrected chi connectivity index (χ4v) is 4.61. The van der Waals surface area contributed by atoms with Gasteiger partial charge in [-0.1, -0.05) is 19.1 Å². The van der Waals surface area contributed by atoms with Crippen molar-refractivity contribution in [2.45, 2.75) is 40.0 Å². The smallest absolute Gasteiger partial charge is 0.258 e. The molecule has 1 aromatic heterocycles. The molecule has 1 atom stereocenters. The van der Waals surface area contributed by atoms with Gasteiger partial charge in [0.25, 0.3) is 5.91 Å². The second-order valence-corrected chi connectivity index (χ2v) is 7.67. The van der Waals surface area contributed by atoms with Crippen LogP contribution >= 0.6 is 11.3 Å². The molecule has 126 valence electrons. The van der Waals surface area contributed by atoms with E-state index in [4.69, 9.17) is 0 Å². The Kier molecular flexibility index (Phi) is 4.71. The Balaban J connectivity index is 1.95. The minimum atomic E-state index is -0.147. The molecule has 1 aliphatic rings. The first-order valence-electron chi connectivity index (χ1n) is 8.24. The molecule has 5 heteroatoms. The van der Waals surface area contributed by atoms with Gasteiger partial charge in [-0.3, -0.25) is 9.59 Å². The molecule has 4 nitrogen and oxygen atoms in total. The number of carbonyl (C=O) groups is 2. The van der Waals surface area contributed by atoms with Crippen LogP contribution in [0.3, 0.4) is 0 Å². The fourth-order valence-electron chi connectivity index (χ4n) is 3.16. The normalized spacial score (nSPS) is 16.4. The molecule has 0 saturated carbocycles. The van der Waals surface area contributed by atoms with Gasteiger partial charge in [-0.2, -0.15) is 0 Å². The third-order valence-electron chi connectivity index (χ3n) is 4.30. The van der Waals surface area contributed by atoms with Crippen molar-refractivity contribution in [3.05, 3.63) is 45.8 Å². The van der Waals surface area contributed by atoms with Crippen molar-refractivity contribution in [1.82, 2.24) is 0 Å². The maximum atomic E-state index is 12.9. The number of anilines is 2. The molecule has 0 radical (unpaired) electrons. The van der Waals surface area contributed by atoms with Gasteiger partial charge >= 0.3 is 0 Å². The Labute approximate surface area is 146 Å². The van der Waals surface area contributed by atoms with Gasteiger partial charge in [-0.15, -0.1) is 11.3 Å². The van der Waals surface area contributed by atoms with Crippen LogP contribution in [0.2, 0.25) is 0 Å². The predicted molar refractivity (Wildman–Crippen MR) is 98.9 cm³/mol. The van der Waals surface area contributed by atoms with E-state index in [1.54, 1.807) is 11.3 Å². The fraction of sp³-hybridized carbons (Fsp3) is 0.368. The van der Waals surface area contributed by atoms with Crippen LogP contribution in [0.5, 0.6) is 0 Å². The van der Waals surface area contributed by atoms with E-state index in [1.807, 2.05) is 31.2 Å². The summed E-state index contributed by atoms with van der Waals surface area (Å²) in [6, 6.07) is 7.73. The van der Waals surface area contributed by atoms with Crippen LogP contribution in [-0.4, -0.2) is 11.8 Å². The predicted octanol–water partition coefficient (Wildman–Crippen LogP) is 4.39. The van der Waals surface area contributed by atoms with Gasteiger partial charge in [0.15, 0.2) is 0 Å². The van der Waals surface area contributed by atoms with Gasteiger partial charge in [0.1, 0.15) is 5.00 Å². The van der Waals surface area contributed by atoms with Crippen LogP contribution in [0.25, 0.3) is 0 Å². The van der Waals surface area contributed by atoms with Crippen LogP contribution in [0.1, 0.15) is 46.6 Å². The van der Waals surface area contributed by atoms with Crippen LogP contribution in [0.15, 0.2) is 24.3 Å². The van der Waals surface area contributed by atoms with E-state index in [-0.39, 0.29) is 11.8 Å². The molecule has 0 fully saturated rings. The Morgan fingerprint density at radius 3 is 2.75 bits per heavy atom. The number of hydrogen-bond acceptors (Lipinski definition) is 3. The maximum Gasteiger partial charge on any atom is 0.258 e. The van der Waals surface area contributed by atoms with Crippen molar-refractivity contribution in [1.29, 1.82) is 0 Å². The van der Waals surface area contributed by atoms with Crippen LogP contribution in [-0.2, 0) is 17.6 Å². The second-order valence-electron chi connectivity index (χ2n) is 6.56. The first kappa shape index (κ1) is 16.7. The summed E-state index contributed by atoms with van der Waals surface area (Å²) < 4.78 is 0. The Bertz CT molecular complexity index is 795. The quantitative estimate of drug-likeness (QED) is 0.869. The molecule has 1 heterocycles. The highest BCUT2D eigenvalue weighted by Gasteiger charge is 2.28. The van der Waals surface area contributed by atoms with Gasteiger partial charge < -0.3 is 10.6 Å². The van der Waals surface area contributed by atoms with E-state index in [0.717, 1.165) is 36.1 Å². The van der Waals surface area contributed by atoms with Crippen molar-refractivity contribution in [2.75, 3.05) is 10.6 Å². The topological polar surface area (TPSA) is 58.2 Å². The van der Waals surface area contributed by atoms with Crippen molar-refractivity contribution in [2.24, 2.45) is 5.92 Å². The van der Waals surface area contributed by atoms with E-state index in [1.165, 1.54) is 11.8 Å². The zero-order valence-electron chi connectivity index (χ0n) is 14.2. The molecule has 0 saturated heterocycles. The van der Waals surface area contributed by atoms with Crippen LogP contribution < -0.4 is 10.6 Å². The summed E-state index contributed by atoms with van der Waals surface area (Å²) in [7, 11) is 0. The molecule has 1 aromatic carbocycles. The van der Waals surface area contributed by atoms with Crippen LogP contribution in [0, 0.1) is 12.8 Å². The number of carbonyl (C=O) groups excluding carboxylic acids is 2. The first-order valence-corrected chi connectivity index (χ1v) is 9.06. The lowest BCUT2D eigenvalue weighted by atomic mass is 9.88. The number of amides is 2. The lowest BCUT2D eigenvalue weighted by Gasteiger charge is -2.18. The number of fused-ring (bicyclic) bond motifs is 1. The van der Waals surface area contributed by atoms with E-state index in [0.29, 0.717) is 16.5 Å².